The molecule has 0 radical (unpaired) electrons. The lowest BCUT2D eigenvalue weighted by atomic mass is 10.1. The van der Waals surface area contributed by atoms with E-state index in [-0.39, 0.29) is 0 Å². The van der Waals surface area contributed by atoms with E-state index in [4.69, 9.17) is 9.47 Å². The van der Waals surface area contributed by atoms with Gasteiger partial charge in [-0.05, 0) is 65.7 Å². The summed E-state index contributed by atoms with van der Waals surface area (Å²) in [5, 5.41) is 14.1. The summed E-state index contributed by atoms with van der Waals surface area (Å²) in [6.07, 6.45) is 3.50. The smallest absolute Gasteiger partial charge is 0.203 e. The topological polar surface area (TPSA) is 93.0 Å². The van der Waals surface area contributed by atoms with E-state index < -0.39 is 0 Å². The molecule has 2 aromatic heterocycles. The van der Waals surface area contributed by atoms with Gasteiger partial charge in [-0.25, -0.2) is 9.97 Å². The van der Waals surface area contributed by atoms with Crippen molar-refractivity contribution in [3.63, 3.8) is 0 Å². The third-order valence-corrected chi connectivity index (χ3v) is 6.93. The highest BCUT2D eigenvalue weighted by atomic mass is 32.1. The van der Waals surface area contributed by atoms with Crippen LogP contribution in [0.25, 0.3) is 22.5 Å². The normalized spacial score (nSPS) is 11.2. The average molecular weight is 541 g/mol. The Kier molecular flexibility index (Phi) is 8.02. The third kappa shape index (κ3) is 6.41. The van der Waals surface area contributed by atoms with E-state index in [1.807, 2.05) is 83.6 Å². The van der Waals surface area contributed by atoms with Crippen LogP contribution >= 0.6 is 22.7 Å². The maximum atomic E-state index is 5.21. The van der Waals surface area contributed by atoms with Crippen LogP contribution in [-0.4, -0.2) is 36.6 Å². The highest BCUT2D eigenvalue weighted by Crippen LogP contribution is 2.27. The van der Waals surface area contributed by atoms with Crippen LogP contribution in [-0.2, 0) is 0 Å². The van der Waals surface area contributed by atoms with Gasteiger partial charge in [-0.15, -0.1) is 22.7 Å². The van der Waals surface area contributed by atoms with Crippen LogP contribution in [0.1, 0.15) is 11.1 Å². The molecular weight excluding hydrogens is 516 g/mol. The summed E-state index contributed by atoms with van der Waals surface area (Å²) in [5.41, 5.74) is 11.7. The first-order chi connectivity index (χ1) is 18.7. The van der Waals surface area contributed by atoms with Crippen molar-refractivity contribution < 1.29 is 9.47 Å². The van der Waals surface area contributed by atoms with Crippen molar-refractivity contribution in [2.24, 2.45) is 10.2 Å². The molecule has 0 bridgehead atoms. The first kappa shape index (κ1) is 25.1. The maximum Gasteiger partial charge on any atom is 0.203 e. The lowest BCUT2D eigenvalue weighted by Gasteiger charge is -2.00. The zero-order chi connectivity index (χ0) is 26.2. The minimum absolute atomic E-state index is 0.714. The second-order valence-corrected chi connectivity index (χ2v) is 9.66. The minimum Gasteiger partial charge on any atom is -0.497 e. The summed E-state index contributed by atoms with van der Waals surface area (Å²) in [7, 11) is 3.30. The Hall–Kier alpha value is -4.54. The number of methoxy groups -OCH3 is 2. The molecule has 0 saturated carbocycles. The predicted octanol–water partition coefficient (Wildman–Crippen LogP) is 6.84. The highest BCUT2D eigenvalue weighted by Gasteiger charge is 2.05. The fourth-order valence-corrected chi connectivity index (χ4v) is 4.82. The maximum absolute atomic E-state index is 5.21. The van der Waals surface area contributed by atoms with Gasteiger partial charge >= 0.3 is 0 Å². The highest BCUT2D eigenvalue weighted by molar-refractivity contribution is 7.14. The number of nitrogens with zero attached hydrogens (tertiary/aromatic N) is 4. The van der Waals surface area contributed by atoms with Crippen LogP contribution in [0.4, 0.5) is 10.3 Å². The zero-order valence-electron chi connectivity index (χ0n) is 20.7. The fraction of sp³-hybridized carbons (Fsp3) is 0.0714. The number of ether oxygens (including phenoxy) is 2. The van der Waals surface area contributed by atoms with E-state index >= 15 is 0 Å². The number of hydrogen-bond acceptors (Lipinski definition) is 10. The Balaban J connectivity index is 1.15. The molecule has 10 heteroatoms. The number of nitrogens with one attached hydrogen (secondary N) is 2. The first-order valence-electron chi connectivity index (χ1n) is 11.6. The van der Waals surface area contributed by atoms with Gasteiger partial charge in [-0.3, -0.25) is 10.9 Å². The lowest BCUT2D eigenvalue weighted by Crippen LogP contribution is -1.93. The van der Waals surface area contributed by atoms with Gasteiger partial charge in [0.15, 0.2) is 0 Å². The molecule has 5 aromatic rings. The number of anilines is 2. The van der Waals surface area contributed by atoms with Crippen LogP contribution in [0.5, 0.6) is 11.5 Å². The van der Waals surface area contributed by atoms with Crippen molar-refractivity contribution in [2.75, 3.05) is 25.1 Å². The Labute approximate surface area is 228 Å². The minimum atomic E-state index is 0.714. The van der Waals surface area contributed by atoms with E-state index in [0.29, 0.717) is 10.3 Å². The Morgan fingerprint density at radius 3 is 1.53 bits per heavy atom. The molecule has 0 amide bonds. The molecule has 2 N–H and O–H groups in total. The van der Waals surface area contributed by atoms with Crippen molar-refractivity contribution in [3.8, 4) is 34.0 Å². The summed E-state index contributed by atoms with van der Waals surface area (Å²) >= 11 is 2.99. The molecule has 3 aromatic carbocycles. The summed E-state index contributed by atoms with van der Waals surface area (Å²) in [4.78, 5) is 9.19. The molecule has 0 saturated heterocycles. The summed E-state index contributed by atoms with van der Waals surface area (Å²) in [6.45, 7) is 0. The van der Waals surface area contributed by atoms with Gasteiger partial charge in [-0.1, -0.05) is 18.2 Å². The fourth-order valence-electron chi connectivity index (χ4n) is 3.48. The van der Waals surface area contributed by atoms with Crippen molar-refractivity contribution in [3.05, 3.63) is 94.7 Å². The van der Waals surface area contributed by atoms with E-state index in [9.17, 15) is 0 Å². The van der Waals surface area contributed by atoms with Gasteiger partial charge in [0, 0.05) is 21.9 Å². The van der Waals surface area contributed by atoms with Gasteiger partial charge in [0.25, 0.3) is 0 Å². The van der Waals surface area contributed by atoms with Crippen molar-refractivity contribution in [2.45, 2.75) is 0 Å². The van der Waals surface area contributed by atoms with Gasteiger partial charge < -0.3 is 9.47 Å². The van der Waals surface area contributed by atoms with Crippen molar-refractivity contribution in [1.29, 1.82) is 0 Å². The Morgan fingerprint density at radius 2 is 1.11 bits per heavy atom. The molecule has 5 rings (SSSR count). The Bertz CT molecular complexity index is 1430. The molecule has 8 nitrogen and oxygen atoms in total. The first-order valence-corrected chi connectivity index (χ1v) is 13.3. The van der Waals surface area contributed by atoms with Gasteiger partial charge in [0.05, 0.1) is 38.0 Å². The van der Waals surface area contributed by atoms with Crippen LogP contribution in [0.2, 0.25) is 0 Å². The van der Waals surface area contributed by atoms with E-state index in [2.05, 4.69) is 31.0 Å². The predicted molar refractivity (Wildman–Crippen MR) is 157 cm³/mol. The second-order valence-electron chi connectivity index (χ2n) is 7.94. The van der Waals surface area contributed by atoms with Crippen LogP contribution in [0.3, 0.4) is 0 Å². The number of aromatic nitrogens is 2. The summed E-state index contributed by atoms with van der Waals surface area (Å²) in [5.74, 6) is 1.63. The number of thiazole rings is 2. The molecule has 0 fully saturated rings. The van der Waals surface area contributed by atoms with Gasteiger partial charge in [-0.2, -0.15) is 10.2 Å². The number of hydrogen-bond donors (Lipinski definition) is 2. The lowest BCUT2D eigenvalue weighted by molar-refractivity contribution is 0.415. The standard InChI is InChI=1S/C28H24N6O2S2/c1-35-23-10-6-21(7-11-23)25-17-37-27(31-25)33-29-15-19-4-3-5-20(14-19)16-30-34-28-32-26(18-38-28)22-8-12-24(36-2)13-9-22/h3-18H,1-2H3,(H,31,33)(H,32,34)/b29-15-,30-16+. The molecule has 2 heterocycles. The van der Waals surface area contributed by atoms with E-state index in [1.165, 1.54) is 22.7 Å². The molecule has 38 heavy (non-hydrogen) atoms. The average Bonchev–Trinajstić information content (AvgIpc) is 3.64. The van der Waals surface area contributed by atoms with Gasteiger partial charge in [0.1, 0.15) is 11.5 Å². The van der Waals surface area contributed by atoms with E-state index in [0.717, 1.165) is 45.1 Å². The molecule has 0 aliphatic carbocycles. The van der Waals surface area contributed by atoms with Crippen LogP contribution in [0, 0.1) is 0 Å². The quantitative estimate of drug-likeness (QED) is 0.149. The van der Waals surface area contributed by atoms with Crippen LogP contribution in [0.15, 0.2) is 93.8 Å². The summed E-state index contributed by atoms with van der Waals surface area (Å²) < 4.78 is 10.4. The van der Waals surface area contributed by atoms with Crippen LogP contribution < -0.4 is 20.3 Å². The molecule has 0 aliphatic rings. The number of hydrazone groups is 2. The SMILES string of the molecule is COc1ccc(-c2csc(N/N=C\c3cccc(/C=N/Nc4nc(-c5ccc(OC)cc5)cs4)c3)n2)cc1. The number of benzene rings is 3. The van der Waals surface area contributed by atoms with Crippen molar-refractivity contribution in [1.82, 2.24) is 9.97 Å². The third-order valence-electron chi connectivity index (χ3n) is 5.44. The monoisotopic (exact) mass is 540 g/mol. The Morgan fingerprint density at radius 1 is 0.658 bits per heavy atom. The molecule has 0 atom stereocenters. The molecule has 0 aliphatic heterocycles. The zero-order valence-corrected chi connectivity index (χ0v) is 22.3. The molecule has 0 unspecified atom stereocenters. The van der Waals surface area contributed by atoms with Gasteiger partial charge in [0.2, 0.25) is 10.3 Å². The molecule has 0 spiro atoms. The second kappa shape index (κ2) is 12.1. The summed E-state index contributed by atoms with van der Waals surface area (Å²) in [6, 6.07) is 23.5. The van der Waals surface area contributed by atoms with Crippen molar-refractivity contribution >= 4 is 45.4 Å². The number of rotatable bonds is 10. The molecule has 190 valence electrons. The molecular formula is C28H24N6O2S2. The largest absolute Gasteiger partial charge is 0.497 e. The van der Waals surface area contributed by atoms with E-state index in [1.54, 1.807) is 26.6 Å².